The normalized spacial score (nSPS) is 10.5. The van der Waals surface area contributed by atoms with Crippen LogP contribution in [0.15, 0.2) is 42.9 Å². The summed E-state index contributed by atoms with van der Waals surface area (Å²) in [7, 11) is 0. The summed E-state index contributed by atoms with van der Waals surface area (Å²) >= 11 is 1.61. The number of carbonyl (C=O) groups excluding carboxylic acids is 1. The maximum Gasteiger partial charge on any atom is 0.125 e. The lowest BCUT2D eigenvalue weighted by atomic mass is 10.1. The molecule has 0 amide bonds. The first-order valence-corrected chi connectivity index (χ1v) is 6.66. The summed E-state index contributed by atoms with van der Waals surface area (Å²) in [5, 5.41) is 7.15. The lowest BCUT2D eigenvalue weighted by Gasteiger charge is -2.00. The van der Waals surface area contributed by atoms with Gasteiger partial charge in [-0.3, -0.25) is 10.1 Å². The van der Waals surface area contributed by atoms with Crippen LogP contribution in [0.3, 0.4) is 0 Å². The molecule has 94 valence electrons. The van der Waals surface area contributed by atoms with Gasteiger partial charge in [0.2, 0.25) is 0 Å². The highest BCUT2D eigenvalue weighted by Gasteiger charge is 2.11. The fraction of sp³-hybridized carbons (Fsp3) is 0.0714. The first-order valence-electron chi connectivity index (χ1n) is 5.85. The van der Waals surface area contributed by atoms with Crippen LogP contribution in [0.25, 0.3) is 21.7 Å². The van der Waals surface area contributed by atoms with Gasteiger partial charge < -0.3 is 4.79 Å². The van der Waals surface area contributed by atoms with Gasteiger partial charge in [-0.1, -0.05) is 0 Å². The summed E-state index contributed by atoms with van der Waals surface area (Å²) in [6.07, 6.45) is 6.72. The van der Waals surface area contributed by atoms with Crippen LogP contribution in [-0.4, -0.2) is 21.5 Å². The average Bonchev–Trinajstić information content (AvgIpc) is 3.08. The minimum atomic E-state index is 0.462. The molecule has 3 heterocycles. The van der Waals surface area contributed by atoms with Gasteiger partial charge in [0.05, 0.1) is 16.8 Å². The lowest BCUT2D eigenvalue weighted by Crippen LogP contribution is -1.80. The quantitative estimate of drug-likeness (QED) is 0.741. The van der Waals surface area contributed by atoms with Crippen LogP contribution in [0, 0.1) is 0 Å². The number of nitrogens with one attached hydrogen (secondary N) is 1. The Bertz CT molecular complexity index is 688. The van der Waals surface area contributed by atoms with Gasteiger partial charge >= 0.3 is 0 Å². The molecule has 5 heteroatoms. The molecule has 0 spiro atoms. The number of hydrogen-bond acceptors (Lipinski definition) is 4. The molecule has 0 saturated carbocycles. The molecule has 3 rings (SSSR count). The van der Waals surface area contributed by atoms with Gasteiger partial charge in [0.25, 0.3) is 0 Å². The predicted octanol–water partition coefficient (Wildman–Crippen LogP) is 2.94. The van der Waals surface area contributed by atoms with Gasteiger partial charge in [0, 0.05) is 29.3 Å². The predicted molar refractivity (Wildman–Crippen MR) is 74.9 cm³/mol. The molecule has 3 aromatic rings. The molecule has 0 aliphatic carbocycles. The van der Waals surface area contributed by atoms with E-state index in [1.54, 1.807) is 23.7 Å². The van der Waals surface area contributed by atoms with E-state index in [9.17, 15) is 4.79 Å². The number of nitrogens with zero attached hydrogens (tertiary/aromatic N) is 2. The number of pyridine rings is 1. The molecular formula is C14H11N3OS. The second-order valence-electron chi connectivity index (χ2n) is 4.03. The van der Waals surface area contributed by atoms with Crippen molar-refractivity contribution in [3.8, 4) is 21.7 Å². The topological polar surface area (TPSA) is 58.6 Å². The van der Waals surface area contributed by atoms with Crippen LogP contribution in [0.1, 0.15) is 4.88 Å². The van der Waals surface area contributed by atoms with E-state index in [4.69, 9.17) is 0 Å². The van der Waals surface area contributed by atoms with Gasteiger partial charge in [-0.25, -0.2) is 0 Å². The van der Waals surface area contributed by atoms with E-state index in [2.05, 4.69) is 15.2 Å². The summed E-state index contributed by atoms with van der Waals surface area (Å²) in [6, 6.07) is 7.90. The summed E-state index contributed by atoms with van der Waals surface area (Å²) in [5.41, 5.74) is 3.10. The second kappa shape index (κ2) is 5.16. The van der Waals surface area contributed by atoms with Crippen molar-refractivity contribution in [2.45, 2.75) is 6.42 Å². The molecule has 0 fully saturated rings. The fourth-order valence-corrected chi connectivity index (χ4v) is 2.89. The molecule has 0 aliphatic rings. The van der Waals surface area contributed by atoms with Crippen molar-refractivity contribution < 1.29 is 4.79 Å². The van der Waals surface area contributed by atoms with E-state index in [1.165, 1.54) is 0 Å². The maximum atomic E-state index is 10.5. The number of aromatic amines is 1. The molecule has 0 radical (unpaired) electrons. The van der Waals surface area contributed by atoms with Crippen molar-refractivity contribution in [3.63, 3.8) is 0 Å². The molecule has 19 heavy (non-hydrogen) atoms. The van der Waals surface area contributed by atoms with Crippen molar-refractivity contribution in [2.75, 3.05) is 0 Å². The molecule has 0 unspecified atom stereocenters. The first kappa shape index (κ1) is 11.8. The highest BCUT2D eigenvalue weighted by molar-refractivity contribution is 7.15. The minimum absolute atomic E-state index is 0.462. The molecule has 0 aromatic carbocycles. The lowest BCUT2D eigenvalue weighted by molar-refractivity contribution is -0.107. The molecule has 0 atom stereocenters. The van der Waals surface area contributed by atoms with E-state index in [0.717, 1.165) is 32.9 Å². The van der Waals surface area contributed by atoms with E-state index in [-0.39, 0.29) is 0 Å². The molecule has 0 aliphatic heterocycles. The Balaban J connectivity index is 2.02. The Morgan fingerprint density at radius 2 is 2.05 bits per heavy atom. The summed E-state index contributed by atoms with van der Waals surface area (Å²) < 4.78 is 0. The molecule has 0 bridgehead atoms. The summed E-state index contributed by atoms with van der Waals surface area (Å²) in [5.74, 6) is 0. The number of rotatable bonds is 4. The van der Waals surface area contributed by atoms with Gasteiger partial charge in [-0.05, 0) is 29.8 Å². The fourth-order valence-electron chi connectivity index (χ4n) is 1.93. The zero-order valence-corrected chi connectivity index (χ0v) is 10.9. The van der Waals surface area contributed by atoms with Gasteiger partial charge in [-0.15, -0.1) is 11.3 Å². The molecular weight excluding hydrogens is 258 g/mol. The number of H-pyrrole nitrogens is 1. The summed E-state index contributed by atoms with van der Waals surface area (Å²) in [6.45, 7) is 0. The third-order valence-corrected chi connectivity index (χ3v) is 3.95. The molecule has 4 nitrogen and oxygen atoms in total. The Morgan fingerprint density at radius 1 is 1.21 bits per heavy atom. The van der Waals surface area contributed by atoms with E-state index in [1.807, 2.05) is 30.5 Å². The van der Waals surface area contributed by atoms with Gasteiger partial charge in [-0.2, -0.15) is 5.10 Å². The van der Waals surface area contributed by atoms with Crippen molar-refractivity contribution in [3.05, 3.63) is 47.7 Å². The Hall–Kier alpha value is -2.27. The standard InChI is InChI=1S/C14H11N3OS/c18-8-5-11-1-2-13(19-11)14-12(9-16-17-14)10-3-6-15-7-4-10/h1-4,6-9H,5H2,(H,16,17). The Labute approximate surface area is 114 Å². The number of hydrogen-bond donors (Lipinski definition) is 1. The highest BCUT2D eigenvalue weighted by atomic mass is 32.1. The largest absolute Gasteiger partial charge is 0.303 e. The first-order chi connectivity index (χ1) is 9.38. The number of thiophene rings is 1. The van der Waals surface area contributed by atoms with Crippen LogP contribution in [0.2, 0.25) is 0 Å². The number of carbonyl (C=O) groups is 1. The average molecular weight is 269 g/mol. The third-order valence-electron chi connectivity index (χ3n) is 2.82. The van der Waals surface area contributed by atoms with Crippen molar-refractivity contribution in [1.82, 2.24) is 15.2 Å². The van der Waals surface area contributed by atoms with Gasteiger partial charge in [0.15, 0.2) is 0 Å². The van der Waals surface area contributed by atoms with E-state index in [0.29, 0.717) is 6.42 Å². The monoisotopic (exact) mass is 269 g/mol. The van der Waals surface area contributed by atoms with E-state index >= 15 is 0 Å². The third kappa shape index (κ3) is 2.32. The van der Waals surface area contributed by atoms with Crippen molar-refractivity contribution in [2.24, 2.45) is 0 Å². The maximum absolute atomic E-state index is 10.5. The Kier molecular flexibility index (Phi) is 3.20. The zero-order chi connectivity index (χ0) is 13.1. The molecule has 1 N–H and O–H groups in total. The van der Waals surface area contributed by atoms with Crippen LogP contribution < -0.4 is 0 Å². The second-order valence-corrected chi connectivity index (χ2v) is 5.20. The SMILES string of the molecule is O=CCc1ccc(-c2[nH]ncc2-c2ccncc2)s1. The number of aldehydes is 1. The van der Waals surface area contributed by atoms with Crippen LogP contribution in [-0.2, 0) is 11.2 Å². The minimum Gasteiger partial charge on any atom is -0.303 e. The van der Waals surface area contributed by atoms with Crippen LogP contribution >= 0.6 is 11.3 Å². The molecule has 0 saturated heterocycles. The van der Waals surface area contributed by atoms with Crippen molar-refractivity contribution in [1.29, 1.82) is 0 Å². The van der Waals surface area contributed by atoms with Gasteiger partial charge in [0.1, 0.15) is 6.29 Å². The Morgan fingerprint density at radius 3 is 2.84 bits per heavy atom. The number of aromatic nitrogens is 3. The smallest absolute Gasteiger partial charge is 0.125 e. The van der Waals surface area contributed by atoms with Crippen LogP contribution in [0.5, 0.6) is 0 Å². The summed E-state index contributed by atoms with van der Waals surface area (Å²) in [4.78, 5) is 16.7. The zero-order valence-electron chi connectivity index (χ0n) is 10.0. The molecule has 3 aromatic heterocycles. The van der Waals surface area contributed by atoms with Crippen LogP contribution in [0.4, 0.5) is 0 Å². The van der Waals surface area contributed by atoms with Crippen molar-refractivity contribution >= 4 is 17.6 Å². The highest BCUT2D eigenvalue weighted by Crippen LogP contribution is 2.34. The van der Waals surface area contributed by atoms with E-state index < -0.39 is 0 Å².